The van der Waals surface area contributed by atoms with Gasteiger partial charge in [-0.05, 0) is 24.2 Å². The zero-order valence-corrected chi connectivity index (χ0v) is 10.3. The molecule has 2 nitrogen and oxygen atoms in total. The van der Waals surface area contributed by atoms with E-state index in [1.807, 2.05) is 30.0 Å². The molecule has 1 aromatic heterocycles. The quantitative estimate of drug-likeness (QED) is 0.863. The number of rotatable bonds is 5. The van der Waals surface area contributed by atoms with Gasteiger partial charge in [-0.1, -0.05) is 19.1 Å². The van der Waals surface area contributed by atoms with Gasteiger partial charge in [0.05, 0.1) is 0 Å². The second-order valence-corrected chi connectivity index (χ2v) is 4.19. The highest BCUT2D eigenvalue weighted by molar-refractivity contribution is 5.20. The molecule has 0 aliphatic heterocycles. The Balaban J connectivity index is 2.09. The summed E-state index contributed by atoms with van der Waals surface area (Å²) in [6, 6.07) is 6.23. The fourth-order valence-corrected chi connectivity index (χ4v) is 1.83. The molecule has 1 aromatic carbocycles. The Hall–Kier alpha value is -1.68. The predicted octanol–water partition coefficient (Wildman–Crippen LogP) is 2.92. The van der Waals surface area contributed by atoms with Gasteiger partial charge in [0.1, 0.15) is 0 Å². The molecule has 0 aliphatic rings. The van der Waals surface area contributed by atoms with E-state index in [-0.39, 0.29) is 0 Å². The van der Waals surface area contributed by atoms with Gasteiger partial charge in [-0.25, -0.2) is 8.78 Å². The van der Waals surface area contributed by atoms with Crippen LogP contribution in [0.4, 0.5) is 8.78 Å². The number of hydrogen-bond acceptors (Lipinski definition) is 1. The maximum atomic E-state index is 13.5. The Bertz CT molecular complexity index is 520. The van der Waals surface area contributed by atoms with Gasteiger partial charge in [0, 0.05) is 31.0 Å². The van der Waals surface area contributed by atoms with Crippen LogP contribution in [0, 0.1) is 11.6 Å². The lowest BCUT2D eigenvalue weighted by atomic mass is 10.2. The van der Waals surface area contributed by atoms with Crippen molar-refractivity contribution in [2.75, 3.05) is 6.54 Å². The van der Waals surface area contributed by atoms with Gasteiger partial charge in [0.15, 0.2) is 11.6 Å². The number of halogens is 2. The molecule has 18 heavy (non-hydrogen) atoms. The monoisotopic (exact) mass is 250 g/mol. The van der Waals surface area contributed by atoms with Crippen LogP contribution in [0.1, 0.15) is 18.1 Å². The minimum atomic E-state index is -0.799. The Labute approximate surface area is 105 Å². The smallest absolute Gasteiger partial charge is 0.163 e. The zero-order valence-electron chi connectivity index (χ0n) is 10.3. The fourth-order valence-electron chi connectivity index (χ4n) is 1.83. The lowest BCUT2D eigenvalue weighted by Crippen LogP contribution is -2.11. The molecular formula is C14H16F2N2. The molecular weight excluding hydrogens is 234 g/mol. The van der Waals surface area contributed by atoms with E-state index in [0.717, 1.165) is 24.7 Å². The summed E-state index contributed by atoms with van der Waals surface area (Å²) in [4.78, 5) is 0. The molecule has 0 radical (unpaired) electrons. The van der Waals surface area contributed by atoms with Crippen LogP contribution in [-0.2, 0) is 13.1 Å². The Morgan fingerprint density at radius 3 is 2.83 bits per heavy atom. The topological polar surface area (TPSA) is 17.0 Å². The minimum absolute atomic E-state index is 0.343. The number of nitrogens with zero attached hydrogens (tertiary/aromatic N) is 1. The highest BCUT2D eigenvalue weighted by atomic mass is 19.2. The van der Waals surface area contributed by atoms with Crippen LogP contribution in [0.15, 0.2) is 36.7 Å². The Morgan fingerprint density at radius 2 is 2.06 bits per heavy atom. The van der Waals surface area contributed by atoms with Crippen LogP contribution in [0.25, 0.3) is 0 Å². The van der Waals surface area contributed by atoms with Gasteiger partial charge in [-0.3, -0.25) is 0 Å². The lowest BCUT2D eigenvalue weighted by molar-refractivity contribution is 0.495. The molecule has 96 valence electrons. The summed E-state index contributed by atoms with van der Waals surface area (Å²) in [6.07, 6.45) is 3.81. The fraction of sp³-hybridized carbons (Fsp3) is 0.286. The van der Waals surface area contributed by atoms with Crippen molar-refractivity contribution in [2.45, 2.75) is 20.0 Å². The van der Waals surface area contributed by atoms with Crippen molar-refractivity contribution in [1.29, 1.82) is 0 Å². The molecule has 0 aliphatic carbocycles. The van der Waals surface area contributed by atoms with Crippen molar-refractivity contribution >= 4 is 0 Å². The number of hydrogen-bond donors (Lipinski definition) is 1. The first kappa shape index (κ1) is 12.8. The summed E-state index contributed by atoms with van der Waals surface area (Å²) in [5.41, 5.74) is 1.49. The number of benzene rings is 1. The van der Waals surface area contributed by atoms with Gasteiger partial charge in [-0.15, -0.1) is 0 Å². The third-order valence-electron chi connectivity index (χ3n) is 2.78. The molecule has 0 amide bonds. The lowest BCUT2D eigenvalue weighted by Gasteiger charge is -2.05. The highest BCUT2D eigenvalue weighted by Gasteiger charge is 2.07. The van der Waals surface area contributed by atoms with Crippen LogP contribution < -0.4 is 5.32 Å². The predicted molar refractivity (Wildman–Crippen MR) is 67.3 cm³/mol. The summed E-state index contributed by atoms with van der Waals surface area (Å²) < 4.78 is 28.4. The summed E-state index contributed by atoms with van der Waals surface area (Å²) >= 11 is 0. The summed E-state index contributed by atoms with van der Waals surface area (Å²) in [5.74, 6) is -1.56. The van der Waals surface area contributed by atoms with Crippen LogP contribution in [0.3, 0.4) is 0 Å². The molecule has 0 spiro atoms. The van der Waals surface area contributed by atoms with Gasteiger partial charge in [-0.2, -0.15) is 0 Å². The molecule has 0 fully saturated rings. The van der Waals surface area contributed by atoms with Gasteiger partial charge >= 0.3 is 0 Å². The van der Waals surface area contributed by atoms with Crippen LogP contribution in [0.2, 0.25) is 0 Å². The molecule has 2 rings (SSSR count). The van der Waals surface area contributed by atoms with Crippen molar-refractivity contribution in [1.82, 2.24) is 9.88 Å². The average molecular weight is 250 g/mol. The van der Waals surface area contributed by atoms with E-state index >= 15 is 0 Å². The molecule has 0 atom stereocenters. The molecule has 4 heteroatoms. The van der Waals surface area contributed by atoms with E-state index in [2.05, 4.69) is 5.32 Å². The standard InChI is InChI=1S/C14H16F2N2/c1-2-17-8-11-6-7-18(9-11)10-12-4-3-5-13(15)14(12)16/h3-7,9,17H,2,8,10H2,1H3. The highest BCUT2D eigenvalue weighted by Crippen LogP contribution is 2.13. The van der Waals surface area contributed by atoms with E-state index in [1.165, 1.54) is 6.07 Å². The molecule has 1 N–H and O–H groups in total. The van der Waals surface area contributed by atoms with Crippen LogP contribution >= 0.6 is 0 Å². The van der Waals surface area contributed by atoms with E-state index < -0.39 is 11.6 Å². The van der Waals surface area contributed by atoms with E-state index in [0.29, 0.717) is 12.1 Å². The van der Waals surface area contributed by atoms with Crippen molar-refractivity contribution in [3.8, 4) is 0 Å². The minimum Gasteiger partial charge on any atom is -0.349 e. The third kappa shape index (κ3) is 2.96. The second-order valence-electron chi connectivity index (χ2n) is 4.19. The van der Waals surface area contributed by atoms with Crippen molar-refractivity contribution in [3.63, 3.8) is 0 Å². The molecule has 1 heterocycles. The second kappa shape index (κ2) is 5.78. The first-order valence-corrected chi connectivity index (χ1v) is 5.99. The van der Waals surface area contributed by atoms with E-state index in [4.69, 9.17) is 0 Å². The first-order chi connectivity index (χ1) is 8.70. The molecule has 0 saturated carbocycles. The van der Waals surface area contributed by atoms with Crippen molar-refractivity contribution in [3.05, 3.63) is 59.4 Å². The van der Waals surface area contributed by atoms with Crippen LogP contribution in [0.5, 0.6) is 0 Å². The number of aromatic nitrogens is 1. The van der Waals surface area contributed by atoms with Crippen molar-refractivity contribution in [2.24, 2.45) is 0 Å². The number of nitrogens with one attached hydrogen (secondary N) is 1. The maximum Gasteiger partial charge on any atom is 0.163 e. The SMILES string of the molecule is CCNCc1ccn(Cc2cccc(F)c2F)c1. The largest absolute Gasteiger partial charge is 0.349 e. The summed E-state index contributed by atoms with van der Waals surface area (Å²) in [5, 5.41) is 3.21. The average Bonchev–Trinajstić information content (AvgIpc) is 2.80. The molecule has 2 aromatic rings. The molecule has 0 unspecified atom stereocenters. The maximum absolute atomic E-state index is 13.5. The molecule has 0 bridgehead atoms. The Morgan fingerprint density at radius 1 is 1.22 bits per heavy atom. The third-order valence-corrected chi connectivity index (χ3v) is 2.78. The van der Waals surface area contributed by atoms with Gasteiger partial charge in [0.2, 0.25) is 0 Å². The Kier molecular flexibility index (Phi) is 4.10. The van der Waals surface area contributed by atoms with Crippen molar-refractivity contribution < 1.29 is 8.78 Å². The van der Waals surface area contributed by atoms with E-state index in [9.17, 15) is 8.78 Å². The molecule has 0 saturated heterocycles. The van der Waals surface area contributed by atoms with Gasteiger partial charge in [0.25, 0.3) is 0 Å². The summed E-state index contributed by atoms with van der Waals surface area (Å²) in [6.45, 7) is 4.08. The normalized spacial score (nSPS) is 10.8. The van der Waals surface area contributed by atoms with E-state index in [1.54, 1.807) is 6.07 Å². The first-order valence-electron chi connectivity index (χ1n) is 5.99. The summed E-state index contributed by atoms with van der Waals surface area (Å²) in [7, 11) is 0. The van der Waals surface area contributed by atoms with Crippen LogP contribution in [-0.4, -0.2) is 11.1 Å². The zero-order chi connectivity index (χ0) is 13.0. The van der Waals surface area contributed by atoms with Gasteiger partial charge < -0.3 is 9.88 Å².